The molecule has 2 aliphatic rings. The number of piperidine rings is 1. The van der Waals surface area contributed by atoms with Gasteiger partial charge in [0.25, 0.3) is 0 Å². The van der Waals surface area contributed by atoms with Crippen LogP contribution in [0.4, 0.5) is 0 Å². The minimum atomic E-state index is -0.419. The van der Waals surface area contributed by atoms with Crippen LogP contribution in [-0.2, 0) is 14.3 Å². The zero-order chi connectivity index (χ0) is 12.5. The van der Waals surface area contributed by atoms with Crippen molar-refractivity contribution in [1.82, 2.24) is 4.90 Å². The Kier molecular flexibility index (Phi) is 3.46. The number of carbonyl (C=O) groups is 1. The first-order valence-corrected chi connectivity index (χ1v) is 6.64. The van der Waals surface area contributed by atoms with Gasteiger partial charge in [-0.15, -0.1) is 0 Å². The molecule has 2 rings (SSSR count). The van der Waals surface area contributed by atoms with Crippen molar-refractivity contribution in [2.75, 3.05) is 19.7 Å². The number of carbonyl (C=O) groups excluding carboxylic acids is 1. The molecule has 0 N–H and O–H groups in total. The summed E-state index contributed by atoms with van der Waals surface area (Å²) in [7, 11) is 0. The van der Waals surface area contributed by atoms with E-state index in [0.717, 1.165) is 38.8 Å². The first-order valence-electron chi connectivity index (χ1n) is 6.64. The average molecular weight is 241 g/mol. The van der Waals surface area contributed by atoms with Crippen LogP contribution in [0.5, 0.6) is 0 Å². The molecule has 98 valence electrons. The number of likely N-dealkylation sites (tertiary alicyclic amines) is 1. The van der Waals surface area contributed by atoms with Crippen LogP contribution in [0.1, 0.15) is 46.5 Å². The van der Waals surface area contributed by atoms with Crippen LogP contribution < -0.4 is 0 Å². The van der Waals surface area contributed by atoms with E-state index in [9.17, 15) is 4.79 Å². The van der Waals surface area contributed by atoms with E-state index in [1.54, 1.807) is 6.92 Å². The molecule has 4 heteroatoms. The summed E-state index contributed by atoms with van der Waals surface area (Å²) in [5.74, 6) is -0.270. The van der Waals surface area contributed by atoms with E-state index in [1.165, 1.54) is 0 Å². The standard InChI is InChI=1S/C13H23NO3/c1-4-12(5-2)10-16-13(17-12)6-8-14(9-7-13)11(3)15/h4-10H2,1-3H3. The lowest BCUT2D eigenvalue weighted by Crippen LogP contribution is -2.47. The summed E-state index contributed by atoms with van der Waals surface area (Å²) in [5, 5.41) is 0. The predicted molar refractivity (Wildman–Crippen MR) is 64.6 cm³/mol. The Bertz CT molecular complexity index is 291. The van der Waals surface area contributed by atoms with Crippen molar-refractivity contribution >= 4 is 5.91 Å². The topological polar surface area (TPSA) is 38.8 Å². The maximum Gasteiger partial charge on any atom is 0.219 e. The van der Waals surface area contributed by atoms with Crippen molar-refractivity contribution < 1.29 is 14.3 Å². The zero-order valence-corrected chi connectivity index (χ0v) is 11.1. The fourth-order valence-corrected chi connectivity index (χ4v) is 2.72. The molecule has 0 aromatic heterocycles. The van der Waals surface area contributed by atoms with Crippen molar-refractivity contribution in [2.45, 2.75) is 57.8 Å². The Morgan fingerprint density at radius 1 is 1.24 bits per heavy atom. The lowest BCUT2D eigenvalue weighted by Gasteiger charge is -2.39. The lowest BCUT2D eigenvalue weighted by atomic mass is 9.98. The number of nitrogens with zero attached hydrogens (tertiary/aromatic N) is 1. The van der Waals surface area contributed by atoms with Gasteiger partial charge in [0.05, 0.1) is 12.2 Å². The highest BCUT2D eigenvalue weighted by Gasteiger charge is 2.50. The van der Waals surface area contributed by atoms with Gasteiger partial charge in [-0.1, -0.05) is 13.8 Å². The quantitative estimate of drug-likeness (QED) is 0.741. The summed E-state index contributed by atoms with van der Waals surface area (Å²) >= 11 is 0. The predicted octanol–water partition coefficient (Wildman–Crippen LogP) is 1.93. The molecule has 1 spiro atoms. The molecule has 0 bridgehead atoms. The first-order chi connectivity index (χ1) is 8.05. The van der Waals surface area contributed by atoms with Gasteiger partial charge in [0.15, 0.2) is 5.79 Å². The van der Waals surface area contributed by atoms with Crippen molar-refractivity contribution in [3.8, 4) is 0 Å². The molecule has 17 heavy (non-hydrogen) atoms. The fourth-order valence-electron chi connectivity index (χ4n) is 2.72. The molecule has 0 aromatic rings. The third kappa shape index (κ3) is 2.33. The Morgan fingerprint density at radius 2 is 1.82 bits per heavy atom. The molecule has 0 atom stereocenters. The SMILES string of the molecule is CCC1(CC)COC2(CCN(C(C)=O)CC2)O1. The van der Waals surface area contributed by atoms with Gasteiger partial charge in [-0.2, -0.15) is 0 Å². The molecule has 0 aromatic carbocycles. The van der Waals surface area contributed by atoms with Gasteiger partial charge in [-0.25, -0.2) is 0 Å². The molecule has 2 aliphatic heterocycles. The molecule has 0 unspecified atom stereocenters. The highest BCUT2D eigenvalue weighted by molar-refractivity contribution is 5.73. The van der Waals surface area contributed by atoms with Crippen LogP contribution in [-0.4, -0.2) is 41.9 Å². The van der Waals surface area contributed by atoms with Crippen molar-refractivity contribution in [3.63, 3.8) is 0 Å². The van der Waals surface area contributed by atoms with E-state index >= 15 is 0 Å². The third-order valence-electron chi connectivity index (χ3n) is 4.26. The monoisotopic (exact) mass is 241 g/mol. The smallest absolute Gasteiger partial charge is 0.219 e. The largest absolute Gasteiger partial charge is 0.347 e. The molecule has 2 saturated heterocycles. The van der Waals surface area contributed by atoms with E-state index in [4.69, 9.17) is 9.47 Å². The zero-order valence-electron chi connectivity index (χ0n) is 11.1. The second-order valence-electron chi connectivity index (χ2n) is 5.20. The summed E-state index contributed by atoms with van der Waals surface area (Å²) < 4.78 is 12.2. The van der Waals surface area contributed by atoms with E-state index < -0.39 is 5.79 Å². The number of ether oxygens (including phenoxy) is 2. The Labute approximate surface area is 103 Å². The first kappa shape index (κ1) is 12.8. The maximum atomic E-state index is 11.3. The number of hydrogen-bond donors (Lipinski definition) is 0. The van der Waals surface area contributed by atoms with E-state index in [1.807, 2.05) is 4.90 Å². The molecule has 4 nitrogen and oxygen atoms in total. The van der Waals surface area contributed by atoms with Crippen molar-refractivity contribution in [1.29, 1.82) is 0 Å². The lowest BCUT2D eigenvalue weighted by molar-refractivity contribution is -0.212. The molecular weight excluding hydrogens is 218 g/mol. The molecule has 0 radical (unpaired) electrons. The highest BCUT2D eigenvalue weighted by Crippen LogP contribution is 2.41. The third-order valence-corrected chi connectivity index (χ3v) is 4.26. The van der Waals surface area contributed by atoms with Crippen LogP contribution >= 0.6 is 0 Å². The Hall–Kier alpha value is -0.610. The Morgan fingerprint density at radius 3 is 2.24 bits per heavy atom. The summed E-state index contributed by atoms with van der Waals surface area (Å²) in [4.78, 5) is 13.2. The van der Waals surface area contributed by atoms with Gasteiger partial charge in [0, 0.05) is 32.9 Å². The van der Waals surface area contributed by atoms with Gasteiger partial charge in [-0.3, -0.25) is 4.79 Å². The van der Waals surface area contributed by atoms with Crippen LogP contribution in [0.3, 0.4) is 0 Å². The van der Waals surface area contributed by atoms with Crippen molar-refractivity contribution in [3.05, 3.63) is 0 Å². The number of hydrogen-bond acceptors (Lipinski definition) is 3. The van der Waals surface area contributed by atoms with Gasteiger partial charge in [0.1, 0.15) is 0 Å². The maximum absolute atomic E-state index is 11.3. The minimum absolute atomic E-state index is 0.0988. The molecule has 2 heterocycles. The normalized spacial score (nSPS) is 26.4. The fraction of sp³-hybridized carbons (Fsp3) is 0.923. The average Bonchev–Trinajstić information content (AvgIpc) is 2.70. The Balaban J connectivity index is 1.98. The summed E-state index contributed by atoms with van der Waals surface area (Å²) in [6.45, 7) is 8.11. The number of amides is 1. The van der Waals surface area contributed by atoms with Gasteiger partial charge < -0.3 is 14.4 Å². The molecule has 0 saturated carbocycles. The summed E-state index contributed by atoms with van der Waals surface area (Å²) in [6.07, 6.45) is 3.58. The van der Waals surface area contributed by atoms with Crippen LogP contribution in [0, 0.1) is 0 Å². The van der Waals surface area contributed by atoms with Gasteiger partial charge in [0.2, 0.25) is 5.91 Å². The molecule has 2 fully saturated rings. The second kappa shape index (κ2) is 4.58. The van der Waals surface area contributed by atoms with E-state index in [2.05, 4.69) is 13.8 Å². The second-order valence-corrected chi connectivity index (χ2v) is 5.20. The van der Waals surface area contributed by atoms with Crippen LogP contribution in [0.2, 0.25) is 0 Å². The molecule has 0 aliphatic carbocycles. The summed E-state index contributed by atoms with van der Waals surface area (Å²) in [5.41, 5.74) is -0.0988. The number of rotatable bonds is 2. The highest BCUT2D eigenvalue weighted by atomic mass is 16.8. The van der Waals surface area contributed by atoms with E-state index in [-0.39, 0.29) is 11.5 Å². The minimum Gasteiger partial charge on any atom is -0.347 e. The van der Waals surface area contributed by atoms with Crippen LogP contribution in [0.15, 0.2) is 0 Å². The molecule has 1 amide bonds. The van der Waals surface area contributed by atoms with Crippen LogP contribution in [0.25, 0.3) is 0 Å². The summed E-state index contributed by atoms with van der Waals surface area (Å²) in [6, 6.07) is 0. The van der Waals surface area contributed by atoms with Crippen molar-refractivity contribution in [2.24, 2.45) is 0 Å². The molecular formula is C13H23NO3. The van der Waals surface area contributed by atoms with E-state index in [0.29, 0.717) is 6.61 Å². The van der Waals surface area contributed by atoms with Gasteiger partial charge >= 0.3 is 0 Å². The van der Waals surface area contributed by atoms with Gasteiger partial charge in [-0.05, 0) is 12.8 Å².